The zero-order chi connectivity index (χ0) is 11.5. The number of hydrogen-bond acceptors (Lipinski definition) is 4. The van der Waals surface area contributed by atoms with Crippen LogP contribution in [0.4, 0.5) is 0 Å². The van der Waals surface area contributed by atoms with Crippen molar-refractivity contribution in [3.63, 3.8) is 0 Å². The van der Waals surface area contributed by atoms with Gasteiger partial charge in [0.2, 0.25) is 0 Å². The number of nitrogens with one attached hydrogen (secondary N) is 1. The lowest BCUT2D eigenvalue weighted by molar-refractivity contribution is 0.0924. The molecule has 0 aliphatic heterocycles. The van der Waals surface area contributed by atoms with Crippen LogP contribution in [0.5, 0.6) is 0 Å². The fraction of sp³-hybridized carbons (Fsp3) is 0.636. The second-order valence-electron chi connectivity index (χ2n) is 4.30. The van der Waals surface area contributed by atoms with E-state index in [4.69, 9.17) is 5.73 Å². The van der Waals surface area contributed by atoms with E-state index in [1.54, 1.807) is 5.51 Å². The van der Waals surface area contributed by atoms with Crippen LogP contribution in [0, 0.1) is 6.92 Å². The smallest absolute Gasteiger partial charge is 0.263 e. The minimum Gasteiger partial charge on any atom is -0.347 e. The predicted octanol–water partition coefficient (Wildman–Crippen LogP) is 1.45. The van der Waals surface area contributed by atoms with E-state index in [1.807, 2.05) is 6.92 Å². The van der Waals surface area contributed by atoms with Crippen molar-refractivity contribution in [3.8, 4) is 0 Å². The van der Waals surface area contributed by atoms with E-state index >= 15 is 0 Å². The molecule has 1 saturated carbocycles. The van der Waals surface area contributed by atoms with E-state index in [-0.39, 0.29) is 18.0 Å². The Morgan fingerprint density at radius 1 is 1.56 bits per heavy atom. The van der Waals surface area contributed by atoms with Gasteiger partial charge in [-0.25, -0.2) is 4.98 Å². The second-order valence-corrected chi connectivity index (χ2v) is 5.15. The van der Waals surface area contributed by atoms with Crippen LogP contribution < -0.4 is 11.1 Å². The topological polar surface area (TPSA) is 68.0 Å². The number of rotatable bonds is 2. The molecule has 4 nitrogen and oxygen atoms in total. The number of carbonyl (C=O) groups excluding carboxylic acids is 1. The van der Waals surface area contributed by atoms with E-state index in [2.05, 4.69) is 10.3 Å². The number of nitrogens with two attached hydrogens (primary N) is 1. The molecule has 2 rings (SSSR count). The van der Waals surface area contributed by atoms with Crippen LogP contribution in [0.2, 0.25) is 0 Å². The molecule has 1 aromatic heterocycles. The third-order valence-corrected chi connectivity index (χ3v) is 4.01. The summed E-state index contributed by atoms with van der Waals surface area (Å²) < 4.78 is 0. The van der Waals surface area contributed by atoms with Gasteiger partial charge in [-0.1, -0.05) is 12.8 Å². The maximum Gasteiger partial charge on any atom is 0.263 e. The molecule has 2 atom stereocenters. The summed E-state index contributed by atoms with van der Waals surface area (Å²) in [5.41, 5.74) is 8.49. The second kappa shape index (κ2) is 4.93. The van der Waals surface area contributed by atoms with Crippen LogP contribution in [0.3, 0.4) is 0 Å². The summed E-state index contributed by atoms with van der Waals surface area (Å²) in [7, 11) is 0. The highest BCUT2D eigenvalue weighted by Gasteiger charge is 2.24. The molecule has 1 aliphatic carbocycles. The Balaban J connectivity index is 1.99. The summed E-state index contributed by atoms with van der Waals surface area (Å²) in [4.78, 5) is 16.7. The van der Waals surface area contributed by atoms with Crippen LogP contribution in [0.15, 0.2) is 5.51 Å². The molecule has 0 radical (unpaired) electrons. The molecule has 16 heavy (non-hydrogen) atoms. The van der Waals surface area contributed by atoms with Crippen molar-refractivity contribution in [2.45, 2.75) is 44.7 Å². The molecule has 0 saturated heterocycles. The van der Waals surface area contributed by atoms with E-state index in [0.717, 1.165) is 25.0 Å². The Bertz CT molecular complexity index is 377. The molecule has 1 fully saturated rings. The lowest BCUT2D eigenvalue weighted by atomic mass is 9.91. The standard InChI is InChI=1S/C11H17N3OS/c1-7-10(16-6-13-7)11(15)14-9-5-3-2-4-8(9)12/h6,8-9H,2-5,12H2,1H3,(H,14,15)/t8-,9-/m1/s1. The summed E-state index contributed by atoms with van der Waals surface area (Å²) in [5, 5.41) is 3.02. The van der Waals surface area contributed by atoms with E-state index < -0.39 is 0 Å². The highest BCUT2D eigenvalue weighted by molar-refractivity contribution is 7.11. The molecular weight excluding hydrogens is 222 g/mol. The average Bonchev–Trinajstić information content (AvgIpc) is 2.68. The van der Waals surface area contributed by atoms with Crippen LogP contribution in [0.25, 0.3) is 0 Å². The third kappa shape index (κ3) is 2.41. The third-order valence-electron chi connectivity index (χ3n) is 3.09. The molecule has 1 heterocycles. The summed E-state index contributed by atoms with van der Waals surface area (Å²) in [6.07, 6.45) is 4.32. The van der Waals surface area contributed by atoms with Crippen molar-refractivity contribution in [3.05, 3.63) is 16.1 Å². The molecule has 0 spiro atoms. The van der Waals surface area contributed by atoms with Gasteiger partial charge < -0.3 is 11.1 Å². The maximum absolute atomic E-state index is 11.9. The number of amides is 1. The van der Waals surface area contributed by atoms with Gasteiger partial charge in [0.05, 0.1) is 11.2 Å². The van der Waals surface area contributed by atoms with Gasteiger partial charge in [0.25, 0.3) is 5.91 Å². The van der Waals surface area contributed by atoms with E-state index in [9.17, 15) is 4.79 Å². The van der Waals surface area contributed by atoms with E-state index in [0.29, 0.717) is 4.88 Å². The minimum absolute atomic E-state index is 0.0256. The number of aryl methyl sites for hydroxylation is 1. The zero-order valence-corrected chi connectivity index (χ0v) is 10.2. The van der Waals surface area contributed by atoms with Crippen molar-refractivity contribution < 1.29 is 4.79 Å². The fourth-order valence-electron chi connectivity index (χ4n) is 2.09. The van der Waals surface area contributed by atoms with Gasteiger partial charge >= 0.3 is 0 Å². The first-order chi connectivity index (χ1) is 7.68. The molecular formula is C11H17N3OS. The van der Waals surface area contributed by atoms with Gasteiger partial charge in [-0.05, 0) is 19.8 Å². The van der Waals surface area contributed by atoms with Gasteiger partial charge in [0.15, 0.2) is 0 Å². The van der Waals surface area contributed by atoms with Crippen LogP contribution in [-0.4, -0.2) is 23.0 Å². The lowest BCUT2D eigenvalue weighted by Crippen LogP contribution is -2.49. The first-order valence-electron chi connectivity index (χ1n) is 5.65. The Kier molecular flexibility index (Phi) is 3.56. The largest absolute Gasteiger partial charge is 0.347 e. The molecule has 1 aliphatic rings. The summed E-state index contributed by atoms with van der Waals surface area (Å²) >= 11 is 1.38. The van der Waals surface area contributed by atoms with Gasteiger partial charge in [-0.3, -0.25) is 4.79 Å². The average molecular weight is 239 g/mol. The lowest BCUT2D eigenvalue weighted by Gasteiger charge is -2.29. The summed E-state index contributed by atoms with van der Waals surface area (Å²) in [5.74, 6) is -0.0256. The summed E-state index contributed by atoms with van der Waals surface area (Å²) in [6, 6.07) is 0.230. The monoisotopic (exact) mass is 239 g/mol. The van der Waals surface area contributed by atoms with Gasteiger partial charge in [0.1, 0.15) is 4.88 Å². The van der Waals surface area contributed by atoms with Crippen LogP contribution in [0.1, 0.15) is 41.0 Å². The maximum atomic E-state index is 11.9. The number of aromatic nitrogens is 1. The highest BCUT2D eigenvalue weighted by Crippen LogP contribution is 2.18. The first-order valence-corrected chi connectivity index (χ1v) is 6.53. The Labute approximate surface area is 99.3 Å². The number of carbonyl (C=O) groups is 1. The zero-order valence-electron chi connectivity index (χ0n) is 9.40. The van der Waals surface area contributed by atoms with Gasteiger partial charge in [-0.15, -0.1) is 11.3 Å². The number of thiazole rings is 1. The normalized spacial score (nSPS) is 25.4. The van der Waals surface area contributed by atoms with E-state index in [1.165, 1.54) is 17.8 Å². The molecule has 1 aromatic rings. The first kappa shape index (κ1) is 11.5. The van der Waals surface area contributed by atoms with Crippen molar-refractivity contribution in [2.75, 3.05) is 0 Å². The Hall–Kier alpha value is -0.940. The van der Waals surface area contributed by atoms with Crippen molar-refractivity contribution in [2.24, 2.45) is 5.73 Å². The summed E-state index contributed by atoms with van der Waals surface area (Å²) in [6.45, 7) is 1.85. The van der Waals surface area contributed by atoms with Crippen LogP contribution in [-0.2, 0) is 0 Å². The van der Waals surface area contributed by atoms with Gasteiger partial charge in [-0.2, -0.15) is 0 Å². The molecule has 0 aromatic carbocycles. The van der Waals surface area contributed by atoms with Crippen molar-refractivity contribution in [1.82, 2.24) is 10.3 Å². The Morgan fingerprint density at radius 2 is 2.31 bits per heavy atom. The highest BCUT2D eigenvalue weighted by atomic mass is 32.1. The number of nitrogens with zero attached hydrogens (tertiary/aromatic N) is 1. The van der Waals surface area contributed by atoms with Gasteiger partial charge in [0, 0.05) is 12.1 Å². The van der Waals surface area contributed by atoms with Crippen molar-refractivity contribution >= 4 is 17.2 Å². The predicted molar refractivity (Wildman–Crippen MR) is 64.5 cm³/mol. The molecule has 88 valence electrons. The van der Waals surface area contributed by atoms with Crippen molar-refractivity contribution in [1.29, 1.82) is 0 Å². The molecule has 5 heteroatoms. The van der Waals surface area contributed by atoms with Crippen LogP contribution >= 0.6 is 11.3 Å². The molecule has 0 unspecified atom stereocenters. The fourth-order valence-corrected chi connectivity index (χ4v) is 2.80. The Morgan fingerprint density at radius 3 is 2.94 bits per heavy atom. The SMILES string of the molecule is Cc1ncsc1C(=O)N[C@@H]1CCCC[C@H]1N. The quantitative estimate of drug-likeness (QED) is 0.821. The molecule has 3 N–H and O–H groups in total. The molecule has 0 bridgehead atoms. The minimum atomic E-state index is -0.0256. The molecule has 1 amide bonds. The number of hydrogen-bond donors (Lipinski definition) is 2.